The van der Waals surface area contributed by atoms with Crippen LogP contribution in [-0.4, -0.2) is 9.97 Å². The van der Waals surface area contributed by atoms with Gasteiger partial charge in [0, 0.05) is 24.0 Å². The molecule has 0 fully saturated rings. The van der Waals surface area contributed by atoms with Gasteiger partial charge in [-0.15, -0.1) is 11.6 Å². The number of aromatic nitrogens is 2. The second-order valence-electron chi connectivity index (χ2n) is 2.99. The van der Waals surface area contributed by atoms with Crippen molar-refractivity contribution >= 4 is 23.2 Å². The molecule has 0 spiro atoms. The minimum atomic E-state index is 0.468. The van der Waals surface area contributed by atoms with E-state index in [-0.39, 0.29) is 0 Å². The Morgan fingerprint density at radius 2 is 1.80 bits per heavy atom. The van der Waals surface area contributed by atoms with Gasteiger partial charge in [0.2, 0.25) is 5.95 Å². The average Bonchev–Trinajstić information content (AvgIpc) is 2.31. The highest BCUT2D eigenvalue weighted by Gasteiger charge is 2.01. The van der Waals surface area contributed by atoms with Gasteiger partial charge >= 0.3 is 0 Å². The fourth-order valence-electron chi connectivity index (χ4n) is 1.24. The lowest BCUT2D eigenvalue weighted by Gasteiger charge is -2.07. The molecular formula is C11H10ClN3. The van der Waals surface area contributed by atoms with Crippen LogP contribution in [0.2, 0.25) is 0 Å². The molecule has 0 saturated carbocycles. The molecule has 1 heterocycles. The van der Waals surface area contributed by atoms with E-state index in [1.807, 2.05) is 24.3 Å². The van der Waals surface area contributed by atoms with Crippen LogP contribution >= 0.6 is 11.6 Å². The molecule has 0 bridgehead atoms. The van der Waals surface area contributed by atoms with Gasteiger partial charge in [0.25, 0.3) is 0 Å². The number of hydrogen-bond donors (Lipinski definition) is 1. The first-order valence-corrected chi connectivity index (χ1v) is 5.11. The van der Waals surface area contributed by atoms with E-state index >= 15 is 0 Å². The molecule has 4 heteroatoms. The van der Waals surface area contributed by atoms with E-state index in [2.05, 4.69) is 15.3 Å². The lowest BCUT2D eigenvalue weighted by Crippen LogP contribution is -1.98. The molecule has 1 aromatic carbocycles. The summed E-state index contributed by atoms with van der Waals surface area (Å²) in [4.78, 5) is 8.17. The van der Waals surface area contributed by atoms with Gasteiger partial charge in [-0.05, 0) is 17.7 Å². The van der Waals surface area contributed by atoms with Gasteiger partial charge < -0.3 is 5.32 Å². The fraction of sp³-hybridized carbons (Fsp3) is 0.0909. The lowest BCUT2D eigenvalue weighted by atomic mass is 10.2. The zero-order valence-electron chi connectivity index (χ0n) is 8.02. The molecule has 15 heavy (non-hydrogen) atoms. The Morgan fingerprint density at radius 1 is 1.07 bits per heavy atom. The standard InChI is InChI=1S/C11H10ClN3/c12-8-9-4-1-2-5-10(9)15-11-13-6-3-7-14-11/h1-7H,8H2,(H,13,14,15). The van der Waals surface area contributed by atoms with Gasteiger partial charge in [-0.1, -0.05) is 18.2 Å². The van der Waals surface area contributed by atoms with Crippen molar-refractivity contribution in [2.75, 3.05) is 5.32 Å². The normalized spacial score (nSPS) is 9.93. The largest absolute Gasteiger partial charge is 0.324 e. The third-order valence-electron chi connectivity index (χ3n) is 1.97. The molecule has 0 aliphatic rings. The van der Waals surface area contributed by atoms with Crippen LogP contribution in [0.4, 0.5) is 11.6 Å². The number of halogens is 1. The van der Waals surface area contributed by atoms with Crippen molar-refractivity contribution in [2.45, 2.75) is 5.88 Å². The molecule has 1 aromatic heterocycles. The third kappa shape index (κ3) is 2.44. The van der Waals surface area contributed by atoms with E-state index in [9.17, 15) is 0 Å². The van der Waals surface area contributed by atoms with Crippen molar-refractivity contribution in [2.24, 2.45) is 0 Å². The van der Waals surface area contributed by atoms with E-state index in [1.54, 1.807) is 18.5 Å². The smallest absolute Gasteiger partial charge is 0.227 e. The van der Waals surface area contributed by atoms with E-state index < -0.39 is 0 Å². The molecule has 0 aliphatic carbocycles. The van der Waals surface area contributed by atoms with Crippen molar-refractivity contribution in [3.05, 3.63) is 48.3 Å². The first kappa shape index (κ1) is 9.93. The highest BCUT2D eigenvalue weighted by molar-refractivity contribution is 6.17. The Hall–Kier alpha value is -1.61. The first-order valence-electron chi connectivity index (χ1n) is 4.58. The summed E-state index contributed by atoms with van der Waals surface area (Å²) in [6.45, 7) is 0. The van der Waals surface area contributed by atoms with Crippen LogP contribution in [0.3, 0.4) is 0 Å². The second kappa shape index (κ2) is 4.75. The van der Waals surface area contributed by atoms with Crippen molar-refractivity contribution < 1.29 is 0 Å². The monoisotopic (exact) mass is 219 g/mol. The maximum Gasteiger partial charge on any atom is 0.227 e. The highest BCUT2D eigenvalue weighted by Crippen LogP contribution is 2.19. The maximum atomic E-state index is 5.82. The number of nitrogens with zero attached hydrogens (tertiary/aromatic N) is 2. The molecule has 0 saturated heterocycles. The van der Waals surface area contributed by atoms with Gasteiger partial charge in [0.15, 0.2) is 0 Å². The lowest BCUT2D eigenvalue weighted by molar-refractivity contribution is 1.16. The maximum absolute atomic E-state index is 5.82. The molecule has 1 N–H and O–H groups in total. The van der Waals surface area contributed by atoms with Crippen LogP contribution in [-0.2, 0) is 5.88 Å². The number of hydrogen-bond acceptors (Lipinski definition) is 3. The second-order valence-corrected chi connectivity index (χ2v) is 3.26. The Kier molecular flexibility index (Phi) is 3.15. The number of rotatable bonds is 3. The van der Waals surface area contributed by atoms with Crippen LogP contribution in [0.15, 0.2) is 42.7 Å². The Labute approximate surface area is 93.1 Å². The molecule has 0 atom stereocenters. The Morgan fingerprint density at radius 3 is 2.53 bits per heavy atom. The van der Waals surface area contributed by atoms with Crippen LogP contribution in [0.1, 0.15) is 5.56 Å². The van der Waals surface area contributed by atoms with Crippen LogP contribution in [0.25, 0.3) is 0 Å². The van der Waals surface area contributed by atoms with E-state index in [0.717, 1.165) is 11.3 Å². The number of benzene rings is 1. The van der Waals surface area contributed by atoms with Crippen LogP contribution in [0.5, 0.6) is 0 Å². The Balaban J connectivity index is 2.24. The van der Waals surface area contributed by atoms with E-state index in [0.29, 0.717) is 11.8 Å². The number of alkyl halides is 1. The Bertz CT molecular complexity index is 431. The highest BCUT2D eigenvalue weighted by atomic mass is 35.5. The summed E-state index contributed by atoms with van der Waals surface area (Å²) in [5.41, 5.74) is 1.98. The summed E-state index contributed by atoms with van der Waals surface area (Å²) in [6.07, 6.45) is 3.39. The minimum Gasteiger partial charge on any atom is -0.324 e. The molecule has 0 aliphatic heterocycles. The summed E-state index contributed by atoms with van der Waals surface area (Å²) in [6, 6.07) is 9.60. The van der Waals surface area contributed by atoms with Gasteiger partial charge in [0.05, 0.1) is 0 Å². The quantitative estimate of drug-likeness (QED) is 0.807. The van der Waals surface area contributed by atoms with E-state index in [4.69, 9.17) is 11.6 Å². The zero-order chi connectivity index (χ0) is 10.5. The molecule has 0 unspecified atom stereocenters. The SMILES string of the molecule is ClCc1ccccc1Nc1ncccn1. The molecule has 76 valence electrons. The third-order valence-corrected chi connectivity index (χ3v) is 2.26. The summed E-state index contributed by atoms with van der Waals surface area (Å²) in [5, 5.41) is 3.12. The molecule has 2 rings (SSSR count). The first-order chi connectivity index (χ1) is 7.40. The fourth-order valence-corrected chi connectivity index (χ4v) is 1.48. The summed E-state index contributed by atoms with van der Waals surface area (Å²) in [7, 11) is 0. The summed E-state index contributed by atoms with van der Waals surface area (Å²) in [5.74, 6) is 1.05. The average molecular weight is 220 g/mol. The van der Waals surface area contributed by atoms with Crippen molar-refractivity contribution in [3.63, 3.8) is 0 Å². The van der Waals surface area contributed by atoms with Gasteiger partial charge in [-0.25, -0.2) is 9.97 Å². The summed E-state index contributed by atoms with van der Waals surface area (Å²) < 4.78 is 0. The topological polar surface area (TPSA) is 37.8 Å². The van der Waals surface area contributed by atoms with Crippen molar-refractivity contribution in [1.82, 2.24) is 9.97 Å². The van der Waals surface area contributed by atoms with Crippen LogP contribution < -0.4 is 5.32 Å². The van der Waals surface area contributed by atoms with E-state index in [1.165, 1.54) is 0 Å². The van der Waals surface area contributed by atoms with Gasteiger partial charge in [-0.2, -0.15) is 0 Å². The number of nitrogens with one attached hydrogen (secondary N) is 1. The number of para-hydroxylation sites is 1. The molecule has 3 nitrogen and oxygen atoms in total. The minimum absolute atomic E-state index is 0.468. The van der Waals surface area contributed by atoms with Crippen molar-refractivity contribution in [1.29, 1.82) is 0 Å². The van der Waals surface area contributed by atoms with Gasteiger partial charge in [0.1, 0.15) is 0 Å². The molecule has 2 aromatic rings. The predicted octanol–water partition coefficient (Wildman–Crippen LogP) is 2.96. The number of anilines is 2. The predicted molar refractivity (Wildman–Crippen MR) is 61.3 cm³/mol. The molecule has 0 amide bonds. The zero-order valence-corrected chi connectivity index (χ0v) is 8.78. The van der Waals surface area contributed by atoms with Crippen molar-refractivity contribution in [3.8, 4) is 0 Å². The summed E-state index contributed by atoms with van der Waals surface area (Å²) >= 11 is 5.82. The molecular weight excluding hydrogens is 210 g/mol. The van der Waals surface area contributed by atoms with Crippen LogP contribution in [0, 0.1) is 0 Å². The van der Waals surface area contributed by atoms with Gasteiger partial charge in [-0.3, -0.25) is 0 Å². The molecule has 0 radical (unpaired) electrons.